The molecule has 0 radical (unpaired) electrons. The molecule has 2 heterocycles. The van der Waals surface area contributed by atoms with Gasteiger partial charge in [0.2, 0.25) is 10.0 Å². The Kier molecular flexibility index (Phi) is 8.43. The van der Waals surface area contributed by atoms with E-state index in [1.165, 1.54) is 10.4 Å². The summed E-state index contributed by atoms with van der Waals surface area (Å²) in [5.41, 5.74) is 0. The van der Waals surface area contributed by atoms with Gasteiger partial charge >= 0.3 is 5.97 Å². The first-order valence-electron chi connectivity index (χ1n) is 9.70. The molecule has 0 atom stereocenters. The molecule has 164 valence electrons. The van der Waals surface area contributed by atoms with Crippen LogP contribution < -0.4 is 9.47 Å². The van der Waals surface area contributed by atoms with Gasteiger partial charge in [0.15, 0.2) is 0 Å². The fourth-order valence-electron chi connectivity index (χ4n) is 2.79. The lowest BCUT2D eigenvalue weighted by molar-refractivity contribution is 0.0452. The largest absolute Gasteiger partial charge is 0.494 e. The van der Waals surface area contributed by atoms with Crippen LogP contribution in [0.15, 0.2) is 40.6 Å². The number of carbonyl (C=O) groups is 1. The van der Waals surface area contributed by atoms with E-state index in [-0.39, 0.29) is 23.0 Å². The molecular weight excluding hydrogens is 446 g/mol. The van der Waals surface area contributed by atoms with Crippen LogP contribution in [-0.2, 0) is 14.8 Å². The highest BCUT2D eigenvalue weighted by Gasteiger charge is 2.31. The molecule has 10 heteroatoms. The Hall–Kier alpha value is -1.75. The number of carbonyl (C=O) groups excluding carboxylic acids is 1. The van der Waals surface area contributed by atoms with Crippen LogP contribution in [0, 0.1) is 0 Å². The van der Waals surface area contributed by atoms with Crippen molar-refractivity contribution in [1.29, 1.82) is 0 Å². The first-order chi connectivity index (χ1) is 14.5. The molecule has 0 amide bonds. The SMILES string of the molecule is CCCOc1ccc(OCCOC(=O)c2sccc2S(=O)(=O)N2CCSCC2)cc1. The van der Waals surface area contributed by atoms with Crippen molar-refractivity contribution in [3.63, 3.8) is 0 Å². The molecule has 0 N–H and O–H groups in total. The van der Waals surface area contributed by atoms with Gasteiger partial charge in [-0.15, -0.1) is 11.3 Å². The maximum atomic E-state index is 12.9. The maximum absolute atomic E-state index is 12.9. The molecule has 0 spiro atoms. The number of benzene rings is 1. The number of thiophene rings is 1. The van der Waals surface area contributed by atoms with Crippen LogP contribution in [0.1, 0.15) is 23.0 Å². The molecule has 1 aromatic heterocycles. The number of esters is 1. The lowest BCUT2D eigenvalue weighted by atomic mass is 10.3. The van der Waals surface area contributed by atoms with Crippen molar-refractivity contribution in [3.8, 4) is 11.5 Å². The van der Waals surface area contributed by atoms with E-state index < -0.39 is 16.0 Å². The fourth-order valence-corrected chi connectivity index (χ4v) is 6.65. The Balaban J connectivity index is 1.51. The summed E-state index contributed by atoms with van der Waals surface area (Å²) in [6.07, 6.45) is 0.938. The van der Waals surface area contributed by atoms with Gasteiger partial charge in [-0.1, -0.05) is 6.92 Å². The van der Waals surface area contributed by atoms with Crippen molar-refractivity contribution in [2.45, 2.75) is 18.2 Å². The molecular formula is C20H25NO6S3. The summed E-state index contributed by atoms with van der Waals surface area (Å²) < 4.78 is 43.5. The maximum Gasteiger partial charge on any atom is 0.349 e. The van der Waals surface area contributed by atoms with E-state index in [9.17, 15) is 13.2 Å². The predicted molar refractivity (Wildman–Crippen MR) is 118 cm³/mol. The standard InChI is InChI=1S/C20H25NO6S3/c1-2-10-25-16-3-5-17(6-4-16)26-11-12-27-20(22)19-18(7-13-29-19)30(23,24)21-8-14-28-15-9-21/h3-7,13H,2,8-12,14-15H2,1H3. The third kappa shape index (κ3) is 5.90. The van der Waals surface area contributed by atoms with E-state index in [0.29, 0.717) is 25.4 Å². The Morgan fingerprint density at radius 2 is 1.63 bits per heavy atom. The number of hydrogen-bond donors (Lipinski definition) is 0. The zero-order valence-electron chi connectivity index (χ0n) is 16.7. The minimum atomic E-state index is -3.69. The topological polar surface area (TPSA) is 82.1 Å². The van der Waals surface area contributed by atoms with Crippen LogP contribution >= 0.6 is 23.1 Å². The smallest absolute Gasteiger partial charge is 0.349 e. The molecule has 2 aromatic rings. The number of thioether (sulfide) groups is 1. The molecule has 1 fully saturated rings. The summed E-state index contributed by atoms with van der Waals surface area (Å²) in [5.74, 6) is 2.27. The molecule has 0 aliphatic carbocycles. The molecule has 30 heavy (non-hydrogen) atoms. The zero-order valence-corrected chi connectivity index (χ0v) is 19.2. The zero-order chi connectivity index (χ0) is 21.4. The number of hydrogen-bond acceptors (Lipinski definition) is 8. The summed E-state index contributed by atoms with van der Waals surface area (Å²) >= 11 is 2.79. The van der Waals surface area contributed by atoms with E-state index in [4.69, 9.17) is 14.2 Å². The Labute approximate surface area is 185 Å². The molecule has 7 nitrogen and oxygen atoms in total. The normalized spacial score (nSPS) is 15.0. The van der Waals surface area contributed by atoms with Crippen molar-refractivity contribution < 1.29 is 27.4 Å². The minimum absolute atomic E-state index is 0.0185. The van der Waals surface area contributed by atoms with Gasteiger partial charge in [0.1, 0.15) is 34.5 Å². The van der Waals surface area contributed by atoms with Gasteiger partial charge in [-0.2, -0.15) is 16.1 Å². The first kappa shape index (κ1) is 22.9. The van der Waals surface area contributed by atoms with Crippen molar-refractivity contribution >= 4 is 39.1 Å². The molecule has 0 unspecified atom stereocenters. The van der Waals surface area contributed by atoms with Gasteiger partial charge in [-0.25, -0.2) is 13.2 Å². The van der Waals surface area contributed by atoms with Gasteiger partial charge in [-0.05, 0) is 42.1 Å². The van der Waals surface area contributed by atoms with Gasteiger partial charge in [0, 0.05) is 24.6 Å². The summed E-state index contributed by atoms with van der Waals surface area (Å²) in [6.45, 7) is 3.79. The highest BCUT2D eigenvalue weighted by atomic mass is 32.2. The number of nitrogens with zero attached hydrogens (tertiary/aromatic N) is 1. The number of rotatable bonds is 10. The summed E-state index contributed by atoms with van der Waals surface area (Å²) in [6, 6.07) is 8.68. The lowest BCUT2D eigenvalue weighted by Gasteiger charge is -2.25. The first-order valence-corrected chi connectivity index (χ1v) is 13.2. The van der Waals surface area contributed by atoms with Crippen molar-refractivity contribution in [1.82, 2.24) is 4.31 Å². The molecule has 1 aromatic carbocycles. The molecule has 1 saturated heterocycles. The van der Waals surface area contributed by atoms with Crippen LogP contribution in [0.2, 0.25) is 0 Å². The van der Waals surface area contributed by atoms with Gasteiger partial charge < -0.3 is 14.2 Å². The molecule has 1 aliphatic heterocycles. The fraction of sp³-hybridized carbons (Fsp3) is 0.450. The quantitative estimate of drug-likeness (QED) is 0.387. The third-order valence-electron chi connectivity index (χ3n) is 4.28. The van der Waals surface area contributed by atoms with E-state index in [1.54, 1.807) is 29.3 Å². The highest BCUT2D eigenvalue weighted by molar-refractivity contribution is 7.99. The monoisotopic (exact) mass is 471 g/mol. The van der Waals surface area contributed by atoms with Gasteiger partial charge in [-0.3, -0.25) is 0 Å². The summed E-state index contributed by atoms with van der Waals surface area (Å²) in [5, 5.41) is 1.60. The Morgan fingerprint density at radius 3 is 2.27 bits per heavy atom. The average Bonchev–Trinajstić information content (AvgIpc) is 3.28. The van der Waals surface area contributed by atoms with Crippen LogP contribution in [0.25, 0.3) is 0 Å². The van der Waals surface area contributed by atoms with Crippen LogP contribution in [0.3, 0.4) is 0 Å². The third-order valence-corrected chi connectivity index (χ3v) is 8.19. The second kappa shape index (κ2) is 11.0. The van der Waals surface area contributed by atoms with E-state index in [0.717, 1.165) is 35.0 Å². The Bertz CT molecular complexity index is 920. The van der Waals surface area contributed by atoms with E-state index >= 15 is 0 Å². The number of ether oxygens (including phenoxy) is 3. The highest BCUT2D eigenvalue weighted by Crippen LogP contribution is 2.27. The van der Waals surface area contributed by atoms with E-state index in [1.807, 2.05) is 19.1 Å². The van der Waals surface area contributed by atoms with Gasteiger partial charge in [0.25, 0.3) is 0 Å². The average molecular weight is 472 g/mol. The summed E-state index contributed by atoms with van der Waals surface area (Å²) in [4.78, 5) is 12.6. The lowest BCUT2D eigenvalue weighted by Crippen LogP contribution is -2.38. The summed E-state index contributed by atoms with van der Waals surface area (Å²) in [7, 11) is -3.69. The van der Waals surface area contributed by atoms with Crippen molar-refractivity contribution in [2.75, 3.05) is 44.4 Å². The molecule has 1 aliphatic rings. The van der Waals surface area contributed by atoms with Crippen LogP contribution in [0.4, 0.5) is 0 Å². The second-order valence-electron chi connectivity index (χ2n) is 6.43. The van der Waals surface area contributed by atoms with Crippen LogP contribution in [-0.4, -0.2) is 63.1 Å². The minimum Gasteiger partial charge on any atom is -0.494 e. The Morgan fingerprint density at radius 1 is 1.00 bits per heavy atom. The number of sulfonamides is 1. The van der Waals surface area contributed by atoms with Crippen LogP contribution in [0.5, 0.6) is 11.5 Å². The van der Waals surface area contributed by atoms with Gasteiger partial charge in [0.05, 0.1) is 6.61 Å². The molecule has 0 bridgehead atoms. The molecule has 0 saturated carbocycles. The van der Waals surface area contributed by atoms with Crippen molar-refractivity contribution in [2.24, 2.45) is 0 Å². The van der Waals surface area contributed by atoms with Crippen molar-refractivity contribution in [3.05, 3.63) is 40.6 Å². The van der Waals surface area contributed by atoms with E-state index in [2.05, 4.69) is 0 Å². The molecule has 3 rings (SSSR count). The predicted octanol–water partition coefficient (Wildman–Crippen LogP) is 3.51. The second-order valence-corrected chi connectivity index (χ2v) is 10.5.